The van der Waals surface area contributed by atoms with Crippen LogP contribution in [0.15, 0.2) is 78.9 Å². The van der Waals surface area contributed by atoms with Crippen LogP contribution in [0.3, 0.4) is 0 Å². The predicted octanol–water partition coefficient (Wildman–Crippen LogP) is 4.92. The van der Waals surface area contributed by atoms with E-state index in [0.717, 1.165) is 48.7 Å². The van der Waals surface area contributed by atoms with Gasteiger partial charge in [0.25, 0.3) is 0 Å². The van der Waals surface area contributed by atoms with Crippen molar-refractivity contribution in [2.75, 3.05) is 37.0 Å². The van der Waals surface area contributed by atoms with Crippen LogP contribution >= 0.6 is 0 Å². The van der Waals surface area contributed by atoms with Crippen LogP contribution in [0.1, 0.15) is 18.4 Å². The zero-order valence-corrected chi connectivity index (χ0v) is 18.7. The molecule has 0 aromatic heterocycles. The molecular formula is C27H30N2O4. The van der Waals surface area contributed by atoms with Gasteiger partial charge in [-0.2, -0.15) is 0 Å². The maximum atomic E-state index is 12.3. The number of hydrogen-bond donors (Lipinski definition) is 2. The van der Waals surface area contributed by atoms with Gasteiger partial charge in [0.1, 0.15) is 18.1 Å². The number of benzene rings is 3. The molecule has 1 atom stereocenters. The van der Waals surface area contributed by atoms with Gasteiger partial charge in [0, 0.05) is 24.4 Å². The summed E-state index contributed by atoms with van der Waals surface area (Å²) in [5, 5.41) is 6.02. The lowest BCUT2D eigenvalue weighted by Gasteiger charge is -2.12. The molecule has 3 aromatic rings. The Labute approximate surface area is 194 Å². The Morgan fingerprint density at radius 2 is 1.58 bits per heavy atom. The van der Waals surface area contributed by atoms with Gasteiger partial charge in [-0.05, 0) is 66.9 Å². The quantitative estimate of drug-likeness (QED) is 0.438. The third-order valence-corrected chi connectivity index (χ3v) is 5.41. The summed E-state index contributed by atoms with van der Waals surface area (Å²) in [4.78, 5) is 12.3. The van der Waals surface area contributed by atoms with Crippen LogP contribution < -0.4 is 20.1 Å². The lowest BCUT2D eigenvalue weighted by atomic mass is 10.2. The standard InChI is InChI=1S/C27H30N2O4/c30-27(19-28-22-8-12-25(13-9-22)33-20-26-7-4-17-31-26)29-23-10-14-24(15-11-23)32-18-16-21-5-2-1-3-6-21/h1-3,5-6,8-15,26,28H,4,7,16-20H2,(H,29,30). The Balaban J connectivity index is 1.15. The van der Waals surface area contributed by atoms with Gasteiger partial charge in [-0.25, -0.2) is 0 Å². The molecule has 1 saturated heterocycles. The highest BCUT2D eigenvalue weighted by Crippen LogP contribution is 2.19. The van der Waals surface area contributed by atoms with Crippen molar-refractivity contribution in [2.45, 2.75) is 25.4 Å². The van der Waals surface area contributed by atoms with Gasteiger partial charge in [-0.1, -0.05) is 30.3 Å². The van der Waals surface area contributed by atoms with Crippen molar-refractivity contribution < 1.29 is 19.0 Å². The van der Waals surface area contributed by atoms with E-state index < -0.39 is 0 Å². The highest BCUT2D eigenvalue weighted by atomic mass is 16.5. The Morgan fingerprint density at radius 3 is 2.27 bits per heavy atom. The molecule has 1 heterocycles. The first-order valence-electron chi connectivity index (χ1n) is 11.4. The third-order valence-electron chi connectivity index (χ3n) is 5.41. The van der Waals surface area contributed by atoms with Crippen molar-refractivity contribution in [3.63, 3.8) is 0 Å². The Hall–Kier alpha value is -3.51. The molecule has 2 N–H and O–H groups in total. The van der Waals surface area contributed by atoms with E-state index in [0.29, 0.717) is 13.2 Å². The number of ether oxygens (including phenoxy) is 3. The van der Waals surface area contributed by atoms with Crippen LogP contribution in [0.25, 0.3) is 0 Å². The van der Waals surface area contributed by atoms with Crippen molar-refractivity contribution >= 4 is 17.3 Å². The minimum atomic E-state index is -0.119. The summed E-state index contributed by atoms with van der Waals surface area (Å²) in [6, 6.07) is 25.2. The molecule has 1 unspecified atom stereocenters. The summed E-state index contributed by atoms with van der Waals surface area (Å²) in [6.45, 7) is 2.18. The first-order valence-corrected chi connectivity index (χ1v) is 11.4. The van der Waals surface area contributed by atoms with Gasteiger partial charge in [-0.15, -0.1) is 0 Å². The largest absolute Gasteiger partial charge is 0.493 e. The molecule has 4 rings (SSSR count). The topological polar surface area (TPSA) is 68.8 Å². The molecule has 6 heteroatoms. The Bertz CT molecular complexity index is 985. The Morgan fingerprint density at radius 1 is 0.879 bits per heavy atom. The van der Waals surface area contributed by atoms with Gasteiger partial charge < -0.3 is 24.8 Å². The summed E-state index contributed by atoms with van der Waals surface area (Å²) < 4.78 is 17.1. The number of amides is 1. The normalized spacial score (nSPS) is 15.1. The maximum absolute atomic E-state index is 12.3. The van der Waals surface area contributed by atoms with Crippen LogP contribution in [0.2, 0.25) is 0 Å². The summed E-state index contributed by atoms with van der Waals surface area (Å²) in [5.74, 6) is 1.46. The number of rotatable bonds is 11. The van der Waals surface area contributed by atoms with E-state index in [1.807, 2.05) is 66.7 Å². The van der Waals surface area contributed by atoms with E-state index in [2.05, 4.69) is 22.8 Å². The number of carbonyl (C=O) groups is 1. The fraction of sp³-hybridized carbons (Fsp3) is 0.296. The fourth-order valence-electron chi connectivity index (χ4n) is 3.59. The molecule has 33 heavy (non-hydrogen) atoms. The van der Waals surface area contributed by atoms with E-state index in [1.54, 1.807) is 0 Å². The highest BCUT2D eigenvalue weighted by Gasteiger charge is 2.15. The van der Waals surface area contributed by atoms with Gasteiger partial charge in [0.2, 0.25) is 5.91 Å². The van der Waals surface area contributed by atoms with Crippen LogP contribution in [0.4, 0.5) is 11.4 Å². The van der Waals surface area contributed by atoms with Crippen molar-refractivity contribution in [3.05, 3.63) is 84.4 Å². The zero-order valence-electron chi connectivity index (χ0n) is 18.7. The summed E-state index contributed by atoms with van der Waals surface area (Å²) >= 11 is 0. The monoisotopic (exact) mass is 446 g/mol. The first-order chi connectivity index (χ1) is 16.2. The van der Waals surface area contributed by atoms with E-state index >= 15 is 0 Å². The molecule has 0 bridgehead atoms. The van der Waals surface area contributed by atoms with Crippen molar-refractivity contribution in [3.8, 4) is 11.5 Å². The summed E-state index contributed by atoms with van der Waals surface area (Å²) in [6.07, 6.45) is 3.21. The van der Waals surface area contributed by atoms with Crippen molar-refractivity contribution in [2.24, 2.45) is 0 Å². The average molecular weight is 447 g/mol. The van der Waals surface area contributed by atoms with Crippen LogP contribution in [0.5, 0.6) is 11.5 Å². The molecule has 1 amide bonds. The summed E-state index contributed by atoms with van der Waals surface area (Å²) in [7, 11) is 0. The molecule has 1 aliphatic heterocycles. The zero-order chi connectivity index (χ0) is 22.7. The molecule has 0 spiro atoms. The van der Waals surface area contributed by atoms with Crippen LogP contribution in [0, 0.1) is 0 Å². The molecule has 1 fully saturated rings. The predicted molar refractivity (Wildman–Crippen MR) is 130 cm³/mol. The SMILES string of the molecule is O=C(CNc1ccc(OCC2CCCO2)cc1)Nc1ccc(OCCc2ccccc2)cc1. The number of carbonyl (C=O) groups excluding carboxylic acids is 1. The second kappa shape index (κ2) is 11.9. The van der Waals surface area contributed by atoms with Gasteiger partial charge in [0.05, 0.1) is 19.3 Å². The van der Waals surface area contributed by atoms with Crippen LogP contribution in [-0.4, -0.2) is 38.4 Å². The molecule has 0 aliphatic carbocycles. The van der Waals surface area contributed by atoms with Gasteiger partial charge in [-0.3, -0.25) is 4.79 Å². The molecule has 6 nitrogen and oxygen atoms in total. The lowest BCUT2D eigenvalue weighted by Crippen LogP contribution is -2.21. The molecule has 0 saturated carbocycles. The number of anilines is 2. The molecule has 3 aromatic carbocycles. The van der Waals surface area contributed by atoms with E-state index in [9.17, 15) is 4.79 Å². The first kappa shape index (κ1) is 22.7. The minimum absolute atomic E-state index is 0.119. The van der Waals surface area contributed by atoms with E-state index in [4.69, 9.17) is 14.2 Å². The average Bonchev–Trinajstić information content (AvgIpc) is 3.38. The van der Waals surface area contributed by atoms with E-state index in [-0.39, 0.29) is 18.6 Å². The molecular weight excluding hydrogens is 416 g/mol. The molecule has 172 valence electrons. The molecule has 1 aliphatic rings. The fourth-order valence-corrected chi connectivity index (χ4v) is 3.59. The van der Waals surface area contributed by atoms with Crippen molar-refractivity contribution in [1.82, 2.24) is 0 Å². The van der Waals surface area contributed by atoms with Gasteiger partial charge in [0.15, 0.2) is 0 Å². The maximum Gasteiger partial charge on any atom is 0.243 e. The third kappa shape index (κ3) is 7.54. The smallest absolute Gasteiger partial charge is 0.243 e. The highest BCUT2D eigenvalue weighted by molar-refractivity contribution is 5.93. The lowest BCUT2D eigenvalue weighted by molar-refractivity contribution is -0.114. The second-order valence-electron chi connectivity index (χ2n) is 7.98. The minimum Gasteiger partial charge on any atom is -0.493 e. The number of nitrogens with one attached hydrogen (secondary N) is 2. The number of hydrogen-bond acceptors (Lipinski definition) is 5. The van der Waals surface area contributed by atoms with Crippen molar-refractivity contribution in [1.29, 1.82) is 0 Å². The Kier molecular flexibility index (Phi) is 8.19. The molecule has 0 radical (unpaired) electrons. The van der Waals surface area contributed by atoms with Gasteiger partial charge >= 0.3 is 0 Å². The summed E-state index contributed by atoms with van der Waals surface area (Å²) in [5.41, 5.74) is 2.83. The van der Waals surface area contributed by atoms with E-state index in [1.165, 1.54) is 5.56 Å². The van der Waals surface area contributed by atoms with Crippen LogP contribution in [-0.2, 0) is 16.0 Å². The second-order valence-corrected chi connectivity index (χ2v) is 7.98.